The van der Waals surface area contributed by atoms with Crippen molar-refractivity contribution < 1.29 is 14.3 Å². The number of piperidine rings is 1. The van der Waals surface area contributed by atoms with Crippen molar-refractivity contribution in [3.63, 3.8) is 0 Å². The van der Waals surface area contributed by atoms with E-state index in [4.69, 9.17) is 0 Å². The Balaban J connectivity index is 1.68. The van der Waals surface area contributed by atoms with Crippen LogP contribution in [0.3, 0.4) is 0 Å². The number of likely N-dealkylation sites (tertiary alicyclic amines) is 1. The molecule has 23 heavy (non-hydrogen) atoms. The summed E-state index contributed by atoms with van der Waals surface area (Å²) in [4.78, 5) is 18.8. The van der Waals surface area contributed by atoms with Crippen molar-refractivity contribution in [3.05, 3.63) is 51.7 Å². The van der Waals surface area contributed by atoms with Crippen molar-refractivity contribution in [1.29, 1.82) is 0 Å². The van der Waals surface area contributed by atoms with E-state index in [1.54, 1.807) is 17.0 Å². The van der Waals surface area contributed by atoms with Gasteiger partial charge in [0.15, 0.2) is 5.01 Å². The lowest BCUT2D eigenvalue weighted by Gasteiger charge is -2.29. The van der Waals surface area contributed by atoms with Gasteiger partial charge in [0.05, 0.1) is 12.3 Å². The summed E-state index contributed by atoms with van der Waals surface area (Å²) in [6, 6.07) is 5.90. The van der Waals surface area contributed by atoms with Gasteiger partial charge in [-0.25, -0.2) is 9.37 Å². The molecule has 4 nitrogen and oxygen atoms in total. The summed E-state index contributed by atoms with van der Waals surface area (Å²) in [7, 11) is 0. The van der Waals surface area contributed by atoms with Gasteiger partial charge in [0.25, 0.3) is 5.91 Å². The third-order valence-electron chi connectivity index (χ3n) is 3.63. The summed E-state index contributed by atoms with van der Waals surface area (Å²) < 4.78 is 12.8. The number of thiazole rings is 1. The monoisotopic (exact) mass is 330 g/mol. The summed E-state index contributed by atoms with van der Waals surface area (Å²) in [6.07, 6.45) is 2.45. The molecule has 6 heteroatoms. The van der Waals surface area contributed by atoms with Crippen molar-refractivity contribution in [2.75, 3.05) is 13.1 Å². The Morgan fingerprint density at radius 3 is 2.65 bits per heavy atom. The van der Waals surface area contributed by atoms with Crippen molar-refractivity contribution in [3.8, 4) is 11.8 Å². The number of aliphatic hydroxyl groups excluding tert-OH is 1. The predicted octanol–water partition coefficient (Wildman–Crippen LogP) is 2.28. The van der Waals surface area contributed by atoms with Crippen LogP contribution in [0.2, 0.25) is 0 Å². The molecule has 1 aliphatic heterocycles. The Morgan fingerprint density at radius 2 is 1.96 bits per heavy atom. The number of hydrogen-bond donors (Lipinski definition) is 1. The lowest BCUT2D eigenvalue weighted by molar-refractivity contribution is 0.0550. The topological polar surface area (TPSA) is 53.4 Å². The number of aliphatic hydroxyl groups is 1. The smallest absolute Gasteiger partial charge is 0.265 e. The zero-order valence-corrected chi connectivity index (χ0v) is 13.1. The van der Waals surface area contributed by atoms with E-state index in [0.29, 0.717) is 41.4 Å². The normalized spacial score (nSPS) is 15.1. The maximum Gasteiger partial charge on any atom is 0.265 e. The number of aromatic nitrogens is 1. The third-order valence-corrected chi connectivity index (χ3v) is 4.53. The second-order valence-corrected chi connectivity index (χ2v) is 6.34. The highest BCUT2D eigenvalue weighted by Gasteiger charge is 2.23. The first-order valence-electron chi connectivity index (χ1n) is 7.32. The molecule has 0 unspecified atom stereocenters. The molecule has 0 aliphatic carbocycles. The standard InChI is InChI=1S/C17H15FN2O2S/c18-13-4-1-12(2-5-13)3-6-16-19-11-15(23-16)17(22)20-9-7-14(21)8-10-20/h1-2,4-5,11,14,21H,7-10H2. The molecule has 1 N–H and O–H groups in total. The molecular weight excluding hydrogens is 315 g/mol. The summed E-state index contributed by atoms with van der Waals surface area (Å²) in [5.74, 6) is 5.42. The minimum atomic E-state index is -0.308. The van der Waals surface area contributed by atoms with Crippen molar-refractivity contribution in [1.82, 2.24) is 9.88 Å². The molecule has 3 rings (SSSR count). The molecule has 1 saturated heterocycles. The minimum Gasteiger partial charge on any atom is -0.393 e. The first kappa shape index (κ1) is 15.7. The van der Waals surface area contributed by atoms with Crippen LogP contribution in [0, 0.1) is 17.7 Å². The Kier molecular flexibility index (Phi) is 4.70. The lowest BCUT2D eigenvalue weighted by Crippen LogP contribution is -2.39. The van der Waals surface area contributed by atoms with E-state index in [1.165, 1.54) is 29.7 Å². The van der Waals surface area contributed by atoms with Crippen LogP contribution in [0.4, 0.5) is 4.39 Å². The van der Waals surface area contributed by atoms with Gasteiger partial charge < -0.3 is 10.0 Å². The molecule has 0 radical (unpaired) electrons. The molecule has 0 spiro atoms. The van der Waals surface area contributed by atoms with Crippen LogP contribution < -0.4 is 0 Å². The first-order chi connectivity index (χ1) is 11.1. The molecule has 0 atom stereocenters. The molecule has 2 heterocycles. The molecule has 0 saturated carbocycles. The average molecular weight is 330 g/mol. The third kappa shape index (κ3) is 3.95. The Hall–Kier alpha value is -2.23. The number of rotatable bonds is 1. The van der Waals surface area contributed by atoms with Gasteiger partial charge in [-0.05, 0) is 43.0 Å². The van der Waals surface area contributed by atoms with Gasteiger partial charge in [-0.15, -0.1) is 11.3 Å². The van der Waals surface area contributed by atoms with E-state index in [9.17, 15) is 14.3 Å². The maximum absolute atomic E-state index is 12.8. The first-order valence-corrected chi connectivity index (χ1v) is 8.14. The highest BCUT2D eigenvalue weighted by Crippen LogP contribution is 2.18. The van der Waals surface area contributed by atoms with Gasteiger partial charge in [0, 0.05) is 18.7 Å². The molecule has 1 aromatic carbocycles. The summed E-state index contributed by atoms with van der Waals surface area (Å²) in [5, 5.41) is 10.0. The Labute approximate surface area is 137 Å². The number of hydrogen-bond acceptors (Lipinski definition) is 4. The van der Waals surface area contributed by atoms with Gasteiger partial charge in [-0.1, -0.05) is 5.92 Å². The van der Waals surface area contributed by atoms with Gasteiger partial charge in [-0.3, -0.25) is 4.79 Å². The quantitative estimate of drug-likeness (QED) is 0.816. The van der Waals surface area contributed by atoms with Crippen molar-refractivity contribution in [2.45, 2.75) is 18.9 Å². The average Bonchev–Trinajstić information content (AvgIpc) is 3.03. The Morgan fingerprint density at radius 1 is 1.26 bits per heavy atom. The molecule has 118 valence electrons. The second-order valence-electron chi connectivity index (χ2n) is 5.31. The summed E-state index contributed by atoms with van der Waals surface area (Å²) in [5.41, 5.74) is 0.694. The number of nitrogens with zero attached hydrogens (tertiary/aromatic N) is 2. The molecular formula is C17H15FN2O2S. The van der Waals surface area contributed by atoms with Crippen LogP contribution >= 0.6 is 11.3 Å². The number of benzene rings is 1. The van der Waals surface area contributed by atoms with Crippen molar-refractivity contribution in [2.24, 2.45) is 0 Å². The highest BCUT2D eigenvalue weighted by molar-refractivity contribution is 7.14. The van der Waals surface area contributed by atoms with E-state index in [-0.39, 0.29) is 17.8 Å². The number of halogens is 1. The molecule has 0 bridgehead atoms. The molecule has 1 fully saturated rings. The van der Waals surface area contributed by atoms with E-state index in [0.717, 1.165) is 0 Å². The molecule has 1 amide bonds. The fourth-order valence-corrected chi connectivity index (χ4v) is 3.05. The molecule has 2 aromatic rings. The van der Waals surface area contributed by atoms with Gasteiger partial charge in [0.1, 0.15) is 10.7 Å². The van der Waals surface area contributed by atoms with Gasteiger partial charge >= 0.3 is 0 Å². The minimum absolute atomic E-state index is 0.0655. The van der Waals surface area contributed by atoms with Crippen LogP contribution in [-0.2, 0) is 0 Å². The largest absolute Gasteiger partial charge is 0.393 e. The second kappa shape index (κ2) is 6.90. The lowest BCUT2D eigenvalue weighted by atomic mass is 10.1. The van der Waals surface area contributed by atoms with E-state index in [2.05, 4.69) is 16.8 Å². The van der Waals surface area contributed by atoms with Crippen LogP contribution in [-0.4, -0.2) is 40.1 Å². The Bertz CT molecular complexity index is 753. The van der Waals surface area contributed by atoms with E-state index >= 15 is 0 Å². The van der Waals surface area contributed by atoms with E-state index in [1.807, 2.05) is 0 Å². The summed E-state index contributed by atoms with van der Waals surface area (Å²) >= 11 is 1.25. The molecule has 1 aromatic heterocycles. The zero-order valence-electron chi connectivity index (χ0n) is 12.3. The van der Waals surface area contributed by atoms with Gasteiger partial charge in [-0.2, -0.15) is 0 Å². The molecule has 1 aliphatic rings. The fourth-order valence-electron chi connectivity index (χ4n) is 2.31. The van der Waals surface area contributed by atoms with Crippen molar-refractivity contribution >= 4 is 17.2 Å². The van der Waals surface area contributed by atoms with Crippen LogP contribution in [0.25, 0.3) is 0 Å². The zero-order chi connectivity index (χ0) is 16.2. The number of carbonyl (C=O) groups is 1. The van der Waals surface area contributed by atoms with Gasteiger partial charge in [0.2, 0.25) is 0 Å². The predicted molar refractivity (Wildman–Crippen MR) is 85.6 cm³/mol. The van der Waals surface area contributed by atoms with Crippen LogP contribution in [0.1, 0.15) is 33.1 Å². The summed E-state index contributed by atoms with van der Waals surface area (Å²) in [6.45, 7) is 1.13. The fraction of sp³-hybridized carbons (Fsp3) is 0.294. The maximum atomic E-state index is 12.8. The highest BCUT2D eigenvalue weighted by atomic mass is 32.1. The number of amides is 1. The number of carbonyl (C=O) groups excluding carboxylic acids is 1. The van der Waals surface area contributed by atoms with Crippen LogP contribution in [0.5, 0.6) is 0 Å². The van der Waals surface area contributed by atoms with E-state index < -0.39 is 0 Å². The SMILES string of the molecule is O=C(c1cnc(C#Cc2ccc(F)cc2)s1)N1CCC(O)CC1. The van der Waals surface area contributed by atoms with Crippen LogP contribution in [0.15, 0.2) is 30.5 Å².